The molecule has 19 heavy (non-hydrogen) atoms. The van der Waals surface area contributed by atoms with Crippen molar-refractivity contribution in [3.05, 3.63) is 29.8 Å². The summed E-state index contributed by atoms with van der Waals surface area (Å²) in [6.45, 7) is -1.49. The molecule has 0 aromatic heterocycles. The van der Waals surface area contributed by atoms with Crippen molar-refractivity contribution in [2.45, 2.75) is 18.5 Å². The van der Waals surface area contributed by atoms with Gasteiger partial charge in [0.2, 0.25) is 0 Å². The fraction of sp³-hybridized carbons (Fsp3) is 0.500. The lowest BCUT2D eigenvalue weighted by Crippen LogP contribution is -2.34. The fourth-order valence-electron chi connectivity index (χ4n) is 1.42. The number of methoxy groups -OCH3 is 1. The lowest BCUT2D eigenvalue weighted by molar-refractivity contribution is -0.175. The average Bonchev–Trinajstić information content (AvgIpc) is 2.39. The Morgan fingerprint density at radius 3 is 2.53 bits per heavy atom. The third-order valence-corrected chi connectivity index (χ3v) is 2.48. The Balaban J connectivity index is 2.73. The number of benzene rings is 1. The van der Waals surface area contributed by atoms with Gasteiger partial charge in [0.15, 0.2) is 0 Å². The zero-order valence-electron chi connectivity index (χ0n) is 10.3. The second-order valence-electron chi connectivity index (χ2n) is 3.87. The number of hydrogen-bond donors (Lipinski definition) is 1. The highest BCUT2D eigenvalue weighted by molar-refractivity contribution is 5.30. The molecule has 0 saturated heterocycles. The molecule has 108 valence electrons. The SMILES string of the molecule is COc1cccc(C(CN)OCC(F)(F)C(F)F)c1. The van der Waals surface area contributed by atoms with Crippen LogP contribution in [0.25, 0.3) is 0 Å². The highest BCUT2D eigenvalue weighted by Gasteiger charge is 2.41. The molecule has 0 aliphatic heterocycles. The molecule has 1 aromatic carbocycles. The molecular weight excluding hydrogens is 266 g/mol. The van der Waals surface area contributed by atoms with Gasteiger partial charge in [-0.3, -0.25) is 0 Å². The zero-order valence-corrected chi connectivity index (χ0v) is 10.3. The first kappa shape index (κ1) is 15.7. The number of nitrogens with two attached hydrogens (primary N) is 1. The number of alkyl halides is 4. The van der Waals surface area contributed by atoms with Crippen molar-refractivity contribution >= 4 is 0 Å². The molecule has 0 heterocycles. The van der Waals surface area contributed by atoms with Gasteiger partial charge in [0.1, 0.15) is 12.4 Å². The smallest absolute Gasteiger partial charge is 0.330 e. The molecule has 2 N–H and O–H groups in total. The van der Waals surface area contributed by atoms with E-state index < -0.39 is 25.1 Å². The number of ether oxygens (including phenoxy) is 2. The monoisotopic (exact) mass is 281 g/mol. The Morgan fingerprint density at radius 1 is 1.32 bits per heavy atom. The Labute approximate surface area is 108 Å². The van der Waals surface area contributed by atoms with Gasteiger partial charge >= 0.3 is 12.3 Å². The van der Waals surface area contributed by atoms with E-state index in [0.29, 0.717) is 11.3 Å². The van der Waals surface area contributed by atoms with Crippen LogP contribution in [-0.2, 0) is 4.74 Å². The molecule has 0 saturated carbocycles. The summed E-state index contributed by atoms with van der Waals surface area (Å²) in [5, 5.41) is 0. The molecular formula is C12H15F4NO2. The Kier molecular flexibility index (Phi) is 5.56. The summed E-state index contributed by atoms with van der Waals surface area (Å²) in [6.07, 6.45) is -4.66. The van der Waals surface area contributed by atoms with Gasteiger partial charge in [-0.15, -0.1) is 0 Å². The van der Waals surface area contributed by atoms with Gasteiger partial charge in [-0.2, -0.15) is 8.78 Å². The van der Waals surface area contributed by atoms with Crippen molar-refractivity contribution in [1.82, 2.24) is 0 Å². The van der Waals surface area contributed by atoms with Crippen LogP contribution >= 0.6 is 0 Å². The second-order valence-corrected chi connectivity index (χ2v) is 3.87. The summed E-state index contributed by atoms with van der Waals surface area (Å²) in [7, 11) is 1.45. The molecule has 0 aliphatic carbocycles. The standard InChI is InChI=1S/C12H15F4NO2/c1-18-9-4-2-3-8(5-9)10(6-17)19-7-12(15,16)11(13)14/h2-5,10-11H,6-7,17H2,1H3. The van der Waals surface area contributed by atoms with E-state index >= 15 is 0 Å². The van der Waals surface area contributed by atoms with E-state index in [4.69, 9.17) is 15.2 Å². The van der Waals surface area contributed by atoms with Crippen molar-refractivity contribution in [3.63, 3.8) is 0 Å². The third kappa shape index (κ3) is 4.36. The van der Waals surface area contributed by atoms with Gasteiger partial charge in [-0.25, -0.2) is 8.78 Å². The average molecular weight is 281 g/mol. The topological polar surface area (TPSA) is 44.5 Å². The van der Waals surface area contributed by atoms with E-state index in [1.807, 2.05) is 0 Å². The van der Waals surface area contributed by atoms with Gasteiger partial charge in [0.05, 0.1) is 13.2 Å². The summed E-state index contributed by atoms with van der Waals surface area (Å²) < 4.78 is 59.3. The molecule has 0 aliphatic rings. The largest absolute Gasteiger partial charge is 0.497 e. The number of hydrogen-bond acceptors (Lipinski definition) is 3. The summed E-state index contributed by atoms with van der Waals surface area (Å²) >= 11 is 0. The lowest BCUT2D eigenvalue weighted by atomic mass is 10.1. The van der Waals surface area contributed by atoms with Gasteiger partial charge in [-0.1, -0.05) is 12.1 Å². The maximum absolute atomic E-state index is 12.8. The maximum Gasteiger partial charge on any atom is 0.330 e. The van der Waals surface area contributed by atoms with Crippen LogP contribution in [0.3, 0.4) is 0 Å². The number of rotatable bonds is 7. The quantitative estimate of drug-likeness (QED) is 0.781. The van der Waals surface area contributed by atoms with Crippen LogP contribution in [-0.4, -0.2) is 32.6 Å². The Hall–Kier alpha value is -1.34. The highest BCUT2D eigenvalue weighted by Crippen LogP contribution is 2.27. The normalized spacial score (nSPS) is 13.6. The first-order valence-electron chi connectivity index (χ1n) is 5.52. The van der Waals surface area contributed by atoms with E-state index in [1.54, 1.807) is 24.3 Å². The predicted molar refractivity (Wildman–Crippen MR) is 61.7 cm³/mol. The first-order valence-corrected chi connectivity index (χ1v) is 5.52. The summed E-state index contributed by atoms with van der Waals surface area (Å²) in [5.74, 6) is -3.69. The molecule has 1 rings (SSSR count). The van der Waals surface area contributed by atoms with Gasteiger partial charge in [0, 0.05) is 6.54 Å². The molecule has 7 heteroatoms. The van der Waals surface area contributed by atoms with Crippen LogP contribution in [0.5, 0.6) is 5.75 Å². The molecule has 0 fully saturated rings. The summed E-state index contributed by atoms with van der Waals surface area (Å²) in [4.78, 5) is 0. The molecule has 1 aromatic rings. The van der Waals surface area contributed by atoms with Crippen LogP contribution in [0.15, 0.2) is 24.3 Å². The first-order chi connectivity index (χ1) is 8.90. The fourth-order valence-corrected chi connectivity index (χ4v) is 1.42. The highest BCUT2D eigenvalue weighted by atomic mass is 19.3. The molecule has 0 amide bonds. The van der Waals surface area contributed by atoms with Crippen molar-refractivity contribution in [2.24, 2.45) is 5.73 Å². The van der Waals surface area contributed by atoms with Crippen LogP contribution in [0, 0.1) is 0 Å². The van der Waals surface area contributed by atoms with Crippen molar-refractivity contribution in [3.8, 4) is 5.75 Å². The van der Waals surface area contributed by atoms with Crippen LogP contribution in [0.1, 0.15) is 11.7 Å². The zero-order chi connectivity index (χ0) is 14.5. The molecule has 1 unspecified atom stereocenters. The van der Waals surface area contributed by atoms with Crippen LogP contribution < -0.4 is 10.5 Å². The minimum absolute atomic E-state index is 0.105. The molecule has 3 nitrogen and oxygen atoms in total. The van der Waals surface area contributed by atoms with Crippen LogP contribution in [0.2, 0.25) is 0 Å². The molecule has 0 spiro atoms. The van der Waals surface area contributed by atoms with Gasteiger partial charge in [0.25, 0.3) is 0 Å². The van der Waals surface area contributed by atoms with E-state index in [9.17, 15) is 17.6 Å². The third-order valence-electron chi connectivity index (χ3n) is 2.48. The van der Waals surface area contributed by atoms with Gasteiger partial charge in [-0.05, 0) is 17.7 Å². The Bertz CT molecular complexity index is 401. The van der Waals surface area contributed by atoms with E-state index in [1.165, 1.54) is 7.11 Å². The number of halogens is 4. The lowest BCUT2D eigenvalue weighted by Gasteiger charge is -2.21. The maximum atomic E-state index is 12.8. The van der Waals surface area contributed by atoms with Crippen molar-refractivity contribution < 1.29 is 27.0 Å². The molecule has 0 bridgehead atoms. The minimum atomic E-state index is -4.19. The van der Waals surface area contributed by atoms with E-state index in [0.717, 1.165) is 0 Å². The summed E-state index contributed by atoms with van der Waals surface area (Å²) in [6, 6.07) is 6.44. The predicted octanol–water partition coefficient (Wildman–Crippen LogP) is 2.61. The molecule has 0 radical (unpaired) electrons. The van der Waals surface area contributed by atoms with Crippen molar-refractivity contribution in [1.29, 1.82) is 0 Å². The van der Waals surface area contributed by atoms with Crippen LogP contribution in [0.4, 0.5) is 17.6 Å². The second kappa shape index (κ2) is 6.72. The van der Waals surface area contributed by atoms with Crippen molar-refractivity contribution in [2.75, 3.05) is 20.3 Å². The van der Waals surface area contributed by atoms with E-state index in [-0.39, 0.29) is 6.54 Å². The van der Waals surface area contributed by atoms with Gasteiger partial charge < -0.3 is 15.2 Å². The Morgan fingerprint density at radius 2 is 2.00 bits per heavy atom. The molecule has 1 atom stereocenters. The minimum Gasteiger partial charge on any atom is -0.497 e. The van der Waals surface area contributed by atoms with E-state index in [2.05, 4.69) is 0 Å². The summed E-state index contributed by atoms with van der Waals surface area (Å²) in [5.41, 5.74) is 5.90.